The molecular formula is C15H25NO2. The van der Waals surface area contributed by atoms with Gasteiger partial charge in [0.15, 0.2) is 0 Å². The van der Waals surface area contributed by atoms with Crippen LogP contribution in [0.15, 0.2) is 0 Å². The Morgan fingerprint density at radius 1 is 1.11 bits per heavy atom. The van der Waals surface area contributed by atoms with Gasteiger partial charge in [-0.1, -0.05) is 6.42 Å². The van der Waals surface area contributed by atoms with Gasteiger partial charge in [-0.15, -0.1) is 0 Å². The molecule has 5 atom stereocenters. The maximum Gasteiger partial charge on any atom is 0.407 e. The van der Waals surface area contributed by atoms with Gasteiger partial charge in [-0.2, -0.15) is 0 Å². The second-order valence-electron chi connectivity index (χ2n) is 7.41. The van der Waals surface area contributed by atoms with E-state index in [4.69, 9.17) is 4.74 Å². The molecular weight excluding hydrogens is 226 g/mol. The average Bonchev–Trinajstić information content (AvgIpc) is 2.81. The van der Waals surface area contributed by atoms with Crippen LogP contribution in [0.25, 0.3) is 0 Å². The predicted octanol–water partition coefficient (Wildman–Crippen LogP) is 3.34. The Balaban J connectivity index is 1.58. The number of ether oxygens (including phenoxy) is 1. The highest BCUT2D eigenvalue weighted by molar-refractivity contribution is 5.68. The van der Waals surface area contributed by atoms with Crippen LogP contribution in [0.3, 0.4) is 0 Å². The number of nitrogens with one attached hydrogen (secondary N) is 1. The van der Waals surface area contributed by atoms with Gasteiger partial charge in [-0.3, -0.25) is 0 Å². The molecule has 3 saturated carbocycles. The molecule has 0 aromatic carbocycles. The Kier molecular flexibility index (Phi) is 2.83. The first-order valence-electron chi connectivity index (χ1n) is 7.43. The van der Waals surface area contributed by atoms with E-state index in [1.54, 1.807) is 0 Å². The fourth-order valence-corrected chi connectivity index (χ4v) is 4.69. The van der Waals surface area contributed by atoms with E-state index in [0.29, 0.717) is 6.04 Å². The van der Waals surface area contributed by atoms with E-state index in [9.17, 15) is 4.79 Å². The van der Waals surface area contributed by atoms with Crippen molar-refractivity contribution in [3.8, 4) is 0 Å². The van der Waals surface area contributed by atoms with Crippen LogP contribution in [0.4, 0.5) is 4.79 Å². The maximum absolute atomic E-state index is 11.8. The Morgan fingerprint density at radius 2 is 1.83 bits per heavy atom. The number of carbonyl (C=O) groups excluding carboxylic acids is 1. The number of alkyl carbamates (subject to hydrolysis) is 1. The number of hydrogen-bond donors (Lipinski definition) is 1. The van der Waals surface area contributed by atoms with E-state index in [1.165, 1.54) is 32.1 Å². The summed E-state index contributed by atoms with van der Waals surface area (Å²) in [6.45, 7) is 5.75. The van der Waals surface area contributed by atoms with Crippen molar-refractivity contribution in [2.45, 2.75) is 64.5 Å². The van der Waals surface area contributed by atoms with E-state index in [1.807, 2.05) is 20.8 Å². The summed E-state index contributed by atoms with van der Waals surface area (Å²) < 4.78 is 5.37. The van der Waals surface area contributed by atoms with Crippen molar-refractivity contribution in [2.75, 3.05) is 0 Å². The molecule has 3 nitrogen and oxygen atoms in total. The van der Waals surface area contributed by atoms with Gasteiger partial charge in [0, 0.05) is 6.04 Å². The lowest BCUT2D eigenvalue weighted by Crippen LogP contribution is -2.44. The molecule has 0 heterocycles. The van der Waals surface area contributed by atoms with Gasteiger partial charge in [0.25, 0.3) is 0 Å². The third kappa shape index (κ3) is 2.12. The first-order chi connectivity index (χ1) is 8.44. The molecule has 18 heavy (non-hydrogen) atoms. The van der Waals surface area contributed by atoms with Gasteiger partial charge in [0.1, 0.15) is 5.60 Å². The Hall–Kier alpha value is -0.730. The molecule has 0 radical (unpaired) electrons. The number of amides is 1. The molecule has 3 aliphatic rings. The highest BCUT2D eigenvalue weighted by Crippen LogP contribution is 2.58. The predicted molar refractivity (Wildman–Crippen MR) is 70.2 cm³/mol. The van der Waals surface area contributed by atoms with Crippen molar-refractivity contribution in [2.24, 2.45) is 23.7 Å². The van der Waals surface area contributed by atoms with E-state index in [2.05, 4.69) is 5.32 Å². The molecule has 3 rings (SSSR count). The van der Waals surface area contributed by atoms with Crippen molar-refractivity contribution >= 4 is 6.09 Å². The second-order valence-corrected chi connectivity index (χ2v) is 7.41. The topological polar surface area (TPSA) is 38.3 Å². The summed E-state index contributed by atoms with van der Waals surface area (Å²) in [6.07, 6.45) is 6.53. The average molecular weight is 251 g/mol. The number of hydrogen-bond acceptors (Lipinski definition) is 2. The summed E-state index contributed by atoms with van der Waals surface area (Å²) in [5.41, 5.74) is -0.391. The molecule has 3 heteroatoms. The minimum Gasteiger partial charge on any atom is -0.444 e. The minimum absolute atomic E-state index is 0.227. The number of rotatable bonds is 1. The zero-order chi connectivity index (χ0) is 12.9. The van der Waals surface area contributed by atoms with Crippen LogP contribution >= 0.6 is 0 Å². The van der Waals surface area contributed by atoms with Gasteiger partial charge in [0.2, 0.25) is 0 Å². The van der Waals surface area contributed by atoms with E-state index in [0.717, 1.165) is 23.7 Å². The third-order valence-electron chi connectivity index (χ3n) is 5.13. The molecule has 5 unspecified atom stereocenters. The van der Waals surface area contributed by atoms with Crippen molar-refractivity contribution in [3.05, 3.63) is 0 Å². The molecule has 0 spiro atoms. The standard InChI is InChI=1S/C15H25NO2/c1-15(2,3)18-14(17)16-13-8-9-7-12(13)11-6-4-5-10(9)11/h9-13H,4-8H2,1-3H3,(H,16,17). The van der Waals surface area contributed by atoms with Crippen LogP contribution < -0.4 is 5.32 Å². The van der Waals surface area contributed by atoms with E-state index < -0.39 is 5.60 Å². The Labute approximate surface area is 110 Å². The molecule has 2 bridgehead atoms. The normalized spacial score (nSPS) is 41.8. The minimum atomic E-state index is -0.391. The summed E-state index contributed by atoms with van der Waals surface area (Å²) in [5.74, 6) is 3.48. The Morgan fingerprint density at radius 3 is 2.56 bits per heavy atom. The highest BCUT2D eigenvalue weighted by atomic mass is 16.6. The molecule has 0 saturated heterocycles. The smallest absolute Gasteiger partial charge is 0.407 e. The van der Waals surface area contributed by atoms with Crippen molar-refractivity contribution < 1.29 is 9.53 Å². The van der Waals surface area contributed by atoms with Crippen LogP contribution in [-0.2, 0) is 4.74 Å². The summed E-state index contributed by atoms with van der Waals surface area (Å²) in [6, 6.07) is 0.379. The summed E-state index contributed by atoms with van der Waals surface area (Å²) in [4.78, 5) is 11.8. The summed E-state index contributed by atoms with van der Waals surface area (Å²) in [5, 5.41) is 3.12. The summed E-state index contributed by atoms with van der Waals surface area (Å²) in [7, 11) is 0. The Bertz CT molecular complexity index is 347. The van der Waals surface area contributed by atoms with Gasteiger partial charge in [-0.05, 0) is 70.1 Å². The van der Waals surface area contributed by atoms with Gasteiger partial charge in [0.05, 0.1) is 0 Å². The lowest BCUT2D eigenvalue weighted by atomic mass is 9.79. The quantitative estimate of drug-likeness (QED) is 0.776. The maximum atomic E-state index is 11.8. The van der Waals surface area contributed by atoms with Crippen LogP contribution in [-0.4, -0.2) is 17.7 Å². The van der Waals surface area contributed by atoms with Crippen LogP contribution in [0.1, 0.15) is 52.9 Å². The zero-order valence-electron chi connectivity index (χ0n) is 11.7. The molecule has 0 aromatic heterocycles. The first kappa shape index (κ1) is 12.3. The highest BCUT2D eigenvalue weighted by Gasteiger charge is 2.54. The fourth-order valence-electron chi connectivity index (χ4n) is 4.69. The van der Waals surface area contributed by atoms with Crippen LogP contribution in [0, 0.1) is 23.7 Å². The molecule has 1 N–H and O–H groups in total. The molecule has 3 fully saturated rings. The fraction of sp³-hybridized carbons (Fsp3) is 0.933. The number of fused-ring (bicyclic) bond motifs is 5. The number of carbonyl (C=O) groups is 1. The van der Waals surface area contributed by atoms with Crippen molar-refractivity contribution in [3.63, 3.8) is 0 Å². The van der Waals surface area contributed by atoms with Crippen molar-refractivity contribution in [1.82, 2.24) is 5.32 Å². The second kappa shape index (κ2) is 4.14. The van der Waals surface area contributed by atoms with Gasteiger partial charge < -0.3 is 10.1 Å². The molecule has 1 amide bonds. The monoisotopic (exact) mass is 251 g/mol. The first-order valence-corrected chi connectivity index (χ1v) is 7.43. The zero-order valence-corrected chi connectivity index (χ0v) is 11.7. The summed E-state index contributed by atoms with van der Waals surface area (Å²) >= 11 is 0. The van der Waals surface area contributed by atoms with Crippen LogP contribution in [0.5, 0.6) is 0 Å². The van der Waals surface area contributed by atoms with Crippen molar-refractivity contribution in [1.29, 1.82) is 0 Å². The SMILES string of the molecule is CC(C)(C)OC(=O)NC1CC2CC1C1CCCC21. The molecule has 0 aromatic rings. The lowest BCUT2D eigenvalue weighted by Gasteiger charge is -2.32. The van der Waals surface area contributed by atoms with Gasteiger partial charge >= 0.3 is 6.09 Å². The molecule has 0 aliphatic heterocycles. The largest absolute Gasteiger partial charge is 0.444 e. The molecule has 102 valence electrons. The molecule has 3 aliphatic carbocycles. The van der Waals surface area contributed by atoms with Gasteiger partial charge in [-0.25, -0.2) is 4.79 Å². The van der Waals surface area contributed by atoms with E-state index in [-0.39, 0.29) is 6.09 Å². The lowest BCUT2D eigenvalue weighted by molar-refractivity contribution is 0.0467. The van der Waals surface area contributed by atoms with E-state index >= 15 is 0 Å². The van der Waals surface area contributed by atoms with Crippen LogP contribution in [0.2, 0.25) is 0 Å². The third-order valence-corrected chi connectivity index (χ3v) is 5.13.